The van der Waals surface area contributed by atoms with E-state index >= 15 is 0 Å². The van der Waals surface area contributed by atoms with Gasteiger partial charge in [-0.15, -0.1) is 21.5 Å². The highest BCUT2D eigenvalue weighted by atomic mass is 32.1. The third kappa shape index (κ3) is 4.46. The summed E-state index contributed by atoms with van der Waals surface area (Å²) in [5.74, 6) is -0.256. The zero-order valence-corrected chi connectivity index (χ0v) is 19.5. The first-order chi connectivity index (χ1) is 15.4. The van der Waals surface area contributed by atoms with Crippen LogP contribution in [0.2, 0.25) is 0 Å². The maximum atomic E-state index is 13.4. The fraction of sp³-hybridized carbons (Fsp3) is 0.318. The first kappa shape index (κ1) is 22.2. The Bertz CT molecular complexity index is 1310. The largest absolute Gasteiger partial charge is 0.299 e. The summed E-state index contributed by atoms with van der Waals surface area (Å²) >= 11 is 2.67. The van der Waals surface area contributed by atoms with Crippen molar-refractivity contribution in [3.63, 3.8) is 0 Å². The summed E-state index contributed by atoms with van der Waals surface area (Å²) in [6.07, 6.45) is 2.59. The number of halogens is 1. The van der Waals surface area contributed by atoms with Crippen LogP contribution in [0.3, 0.4) is 0 Å². The lowest BCUT2D eigenvalue weighted by molar-refractivity contribution is -0.119. The number of nitrogens with one attached hydrogen (secondary N) is 1. The second-order valence-electron chi connectivity index (χ2n) is 7.81. The smallest absolute Gasteiger partial charge is 0.263 e. The highest BCUT2D eigenvalue weighted by molar-refractivity contribution is 7.17. The second kappa shape index (κ2) is 9.25. The first-order valence-corrected chi connectivity index (χ1v) is 11.9. The number of benzene rings is 1. The number of fused-ring (bicyclic) bond motifs is 1. The molecule has 7 nitrogen and oxygen atoms in total. The molecule has 4 aromatic rings. The van der Waals surface area contributed by atoms with Crippen LogP contribution in [0.1, 0.15) is 38.2 Å². The molecule has 0 aliphatic carbocycles. The summed E-state index contributed by atoms with van der Waals surface area (Å²) in [7, 11) is 0. The normalized spacial score (nSPS) is 12.4. The number of carbonyl (C=O) groups is 1. The van der Waals surface area contributed by atoms with Gasteiger partial charge in [0.2, 0.25) is 11.0 Å². The minimum atomic E-state index is -0.752. The van der Waals surface area contributed by atoms with Gasteiger partial charge in [-0.25, -0.2) is 9.37 Å². The zero-order chi connectivity index (χ0) is 22.8. The summed E-state index contributed by atoms with van der Waals surface area (Å²) in [4.78, 5) is 31.4. The molecule has 3 aromatic heterocycles. The third-order valence-electron chi connectivity index (χ3n) is 4.98. The van der Waals surface area contributed by atoms with Crippen LogP contribution in [-0.4, -0.2) is 25.7 Å². The number of nitrogens with zero attached hydrogens (tertiary/aromatic N) is 4. The van der Waals surface area contributed by atoms with Gasteiger partial charge in [0.1, 0.15) is 21.7 Å². The number of hydrogen-bond donors (Lipinski definition) is 1. The van der Waals surface area contributed by atoms with Crippen molar-refractivity contribution >= 4 is 43.9 Å². The quantitative estimate of drug-likeness (QED) is 0.414. The summed E-state index contributed by atoms with van der Waals surface area (Å²) in [5.41, 5.74) is 1.09. The molecule has 0 fully saturated rings. The molecule has 0 saturated carbocycles. The molecule has 0 aliphatic rings. The van der Waals surface area contributed by atoms with Crippen molar-refractivity contribution in [3.05, 3.63) is 57.2 Å². The van der Waals surface area contributed by atoms with E-state index < -0.39 is 6.04 Å². The average molecular weight is 472 g/mol. The summed E-state index contributed by atoms with van der Waals surface area (Å²) in [5, 5.41) is 14.5. The Hall–Kier alpha value is -2.98. The Labute approximate surface area is 192 Å². The lowest BCUT2D eigenvalue weighted by atomic mass is 10.1. The number of carbonyl (C=O) groups excluding carboxylic acids is 1. The fourth-order valence-electron chi connectivity index (χ4n) is 3.44. The van der Waals surface area contributed by atoms with Crippen LogP contribution in [0.15, 0.2) is 40.8 Å². The second-order valence-corrected chi connectivity index (χ2v) is 9.73. The molecule has 1 amide bonds. The molecule has 3 heterocycles. The van der Waals surface area contributed by atoms with E-state index in [1.165, 1.54) is 45.7 Å². The lowest BCUT2D eigenvalue weighted by Gasteiger charge is -2.16. The number of hydrogen-bond acceptors (Lipinski definition) is 7. The van der Waals surface area contributed by atoms with E-state index in [-0.39, 0.29) is 17.3 Å². The summed E-state index contributed by atoms with van der Waals surface area (Å²) in [6, 6.07) is 5.21. The van der Waals surface area contributed by atoms with Crippen molar-refractivity contribution < 1.29 is 9.18 Å². The predicted molar refractivity (Wildman–Crippen MR) is 126 cm³/mol. The van der Waals surface area contributed by atoms with Gasteiger partial charge in [-0.1, -0.05) is 44.2 Å². The molecule has 1 aromatic carbocycles. The SMILES string of the molecule is CCC(C(=O)Nc1nnc(CC(C)C)s1)n1cnc2scc(-c3ccc(F)cc3)c2c1=O. The molecule has 4 rings (SSSR count). The van der Waals surface area contributed by atoms with E-state index in [9.17, 15) is 14.0 Å². The molecule has 1 atom stereocenters. The molecule has 0 bridgehead atoms. The van der Waals surface area contributed by atoms with Crippen molar-refractivity contribution in [1.29, 1.82) is 0 Å². The van der Waals surface area contributed by atoms with E-state index in [0.29, 0.717) is 33.3 Å². The van der Waals surface area contributed by atoms with Crippen LogP contribution in [0.25, 0.3) is 21.3 Å². The van der Waals surface area contributed by atoms with Crippen LogP contribution in [0.4, 0.5) is 9.52 Å². The van der Waals surface area contributed by atoms with E-state index in [1.54, 1.807) is 12.1 Å². The Morgan fingerprint density at radius 3 is 2.66 bits per heavy atom. The highest BCUT2D eigenvalue weighted by Gasteiger charge is 2.24. The highest BCUT2D eigenvalue weighted by Crippen LogP contribution is 2.31. The lowest BCUT2D eigenvalue weighted by Crippen LogP contribution is -2.33. The summed E-state index contributed by atoms with van der Waals surface area (Å²) < 4.78 is 14.7. The standard InChI is InChI=1S/C22H22FN5O2S2/c1-4-16(19(29)25-22-27-26-17(32-22)9-12(2)3)28-11-24-20-18(21(28)30)15(10-31-20)13-5-7-14(23)8-6-13/h5-8,10-12,16H,4,9H2,1-3H3,(H,25,27,29). The maximum absolute atomic E-state index is 13.4. The number of rotatable bonds is 7. The van der Waals surface area contributed by atoms with E-state index in [1.807, 2.05) is 12.3 Å². The van der Waals surface area contributed by atoms with Gasteiger partial charge in [-0.2, -0.15) is 0 Å². The van der Waals surface area contributed by atoms with Gasteiger partial charge in [-0.05, 0) is 30.0 Å². The molecular weight excluding hydrogens is 449 g/mol. The first-order valence-electron chi connectivity index (χ1n) is 10.2. The van der Waals surface area contributed by atoms with Gasteiger partial charge >= 0.3 is 0 Å². The Morgan fingerprint density at radius 2 is 1.97 bits per heavy atom. The average Bonchev–Trinajstić information content (AvgIpc) is 3.37. The molecule has 1 unspecified atom stereocenters. The third-order valence-corrected chi connectivity index (χ3v) is 6.73. The number of aromatic nitrogens is 4. The molecule has 32 heavy (non-hydrogen) atoms. The minimum absolute atomic E-state index is 0.310. The van der Waals surface area contributed by atoms with Crippen LogP contribution < -0.4 is 10.9 Å². The van der Waals surface area contributed by atoms with Gasteiger partial charge in [0.25, 0.3) is 5.56 Å². The van der Waals surface area contributed by atoms with Crippen molar-refractivity contribution in [2.75, 3.05) is 5.32 Å². The predicted octanol–water partition coefficient (Wildman–Crippen LogP) is 4.90. The molecule has 0 radical (unpaired) electrons. The molecule has 0 saturated heterocycles. The molecule has 10 heteroatoms. The Kier molecular flexibility index (Phi) is 6.43. The van der Waals surface area contributed by atoms with E-state index in [2.05, 4.69) is 34.3 Å². The number of thiophene rings is 1. The monoisotopic (exact) mass is 471 g/mol. The van der Waals surface area contributed by atoms with Gasteiger partial charge in [0.15, 0.2) is 0 Å². The van der Waals surface area contributed by atoms with Gasteiger partial charge in [-0.3, -0.25) is 19.5 Å². The Morgan fingerprint density at radius 1 is 1.22 bits per heavy atom. The fourth-order valence-corrected chi connectivity index (χ4v) is 5.30. The maximum Gasteiger partial charge on any atom is 0.263 e. The van der Waals surface area contributed by atoms with Gasteiger partial charge in [0.05, 0.1) is 11.7 Å². The van der Waals surface area contributed by atoms with E-state index in [0.717, 1.165) is 17.0 Å². The van der Waals surface area contributed by atoms with Crippen molar-refractivity contribution in [3.8, 4) is 11.1 Å². The molecule has 0 aliphatic heterocycles. The molecule has 1 N–H and O–H groups in total. The van der Waals surface area contributed by atoms with Crippen molar-refractivity contribution in [1.82, 2.24) is 19.7 Å². The van der Waals surface area contributed by atoms with E-state index in [4.69, 9.17) is 0 Å². The number of anilines is 1. The zero-order valence-electron chi connectivity index (χ0n) is 17.8. The topological polar surface area (TPSA) is 89.8 Å². The number of amides is 1. The van der Waals surface area contributed by atoms with Crippen LogP contribution in [0.5, 0.6) is 0 Å². The van der Waals surface area contributed by atoms with Gasteiger partial charge < -0.3 is 0 Å². The minimum Gasteiger partial charge on any atom is -0.299 e. The van der Waals surface area contributed by atoms with Crippen LogP contribution in [0, 0.1) is 11.7 Å². The van der Waals surface area contributed by atoms with Crippen molar-refractivity contribution in [2.24, 2.45) is 5.92 Å². The molecule has 166 valence electrons. The van der Waals surface area contributed by atoms with Crippen molar-refractivity contribution in [2.45, 2.75) is 39.7 Å². The molecule has 0 spiro atoms. The Balaban J connectivity index is 1.66. The van der Waals surface area contributed by atoms with Crippen LogP contribution in [-0.2, 0) is 11.2 Å². The molecular formula is C22H22FN5O2S2. The summed E-state index contributed by atoms with van der Waals surface area (Å²) in [6.45, 7) is 6.01. The van der Waals surface area contributed by atoms with Crippen LogP contribution >= 0.6 is 22.7 Å². The van der Waals surface area contributed by atoms with Gasteiger partial charge in [0, 0.05) is 17.4 Å².